The Hall–Kier alpha value is 2.57. The summed E-state index contributed by atoms with van der Waals surface area (Å²) in [6.07, 6.45) is 0. The Bertz CT molecular complexity index is 5.51. The molecule has 0 atom stereocenters. The Morgan fingerprint density at radius 1 is 0.333 bits per heavy atom. The summed E-state index contributed by atoms with van der Waals surface area (Å²) < 4.78 is 0. The van der Waals surface area contributed by atoms with Gasteiger partial charge in [-0.15, -0.1) is 0 Å². The first-order chi connectivity index (χ1) is 0. The fraction of sp³-hybridized carbons (Fsp3) is 0. The van der Waals surface area contributed by atoms with E-state index in [1.54, 1.807) is 0 Å². The number of rotatable bonds is 0. The van der Waals surface area contributed by atoms with Crippen LogP contribution in [0.5, 0.6) is 0 Å². The van der Waals surface area contributed by atoms with Gasteiger partial charge >= 0.3 is 37.1 Å². The van der Waals surface area contributed by atoms with Crippen LogP contribution in [0.3, 0.4) is 0 Å². The van der Waals surface area contributed by atoms with Crippen LogP contribution in [0.25, 0.3) is 0 Å². The molecule has 34 valence electrons. The van der Waals surface area contributed by atoms with Crippen LogP contribution in [0.4, 0.5) is 0 Å². The molecule has 6 heteroatoms. The first kappa shape index (κ1) is 74.4. The zero-order valence-corrected chi connectivity index (χ0v) is 8.59. The fourth-order valence-electron chi connectivity index (χ4n) is 0. The monoisotopic (exact) mass is 230 g/mol. The molecule has 0 nitrogen and oxygen atoms in total. The second-order valence-corrected chi connectivity index (χ2v) is 0. The molecule has 0 fully saturated rings. The van der Waals surface area contributed by atoms with Gasteiger partial charge in [0.2, 0.25) is 0 Å². The van der Waals surface area contributed by atoms with Gasteiger partial charge in [-0.1, -0.05) is 0 Å². The normalized spacial score (nSPS) is 0. The molecule has 0 aromatic heterocycles. The van der Waals surface area contributed by atoms with E-state index in [1.807, 2.05) is 0 Å². The third-order valence-corrected chi connectivity index (χ3v) is 0. The molecule has 0 heterocycles. The van der Waals surface area contributed by atoms with E-state index in [-0.39, 0.29) is 91.1 Å². The van der Waals surface area contributed by atoms with Crippen LogP contribution >= 0.6 is 0 Å². The topological polar surface area (TPSA) is 0 Å². The molecular weight excluding hydrogens is 230 g/mol. The van der Waals surface area contributed by atoms with E-state index >= 15 is 0 Å². The maximum absolute atomic E-state index is 0. The minimum absolute atomic E-state index is 0. The van der Waals surface area contributed by atoms with Crippen LogP contribution in [-0.4, -0.2) is 0 Å². The van der Waals surface area contributed by atoms with E-state index < -0.39 is 0 Å². The summed E-state index contributed by atoms with van der Waals surface area (Å²) in [5, 5.41) is 0. The minimum atomic E-state index is 0. The van der Waals surface area contributed by atoms with Crippen molar-refractivity contribution >= 4 is 54.0 Å². The Kier molecular flexibility index (Phi) is 614. The molecule has 0 aromatic carbocycles. The van der Waals surface area contributed by atoms with Crippen molar-refractivity contribution in [1.82, 2.24) is 0 Å². The molecule has 0 aliphatic carbocycles. The largest absolute Gasteiger partial charge is 4.00 e. The predicted molar refractivity (Wildman–Crippen MR) is 29.5 cm³/mol. The van der Waals surface area contributed by atoms with Crippen molar-refractivity contribution in [2.45, 2.75) is 0 Å². The summed E-state index contributed by atoms with van der Waals surface area (Å²) in [5.74, 6) is 0. The molecular formula is S4V2. The van der Waals surface area contributed by atoms with E-state index in [0.29, 0.717) is 0 Å². The number of hydrogen-bond acceptors (Lipinski definition) is 0. The Labute approximate surface area is 90.2 Å². The summed E-state index contributed by atoms with van der Waals surface area (Å²) in [6.45, 7) is 0. The van der Waals surface area contributed by atoms with Crippen LogP contribution in [0.15, 0.2) is 0 Å². The van der Waals surface area contributed by atoms with Gasteiger partial charge in [0.15, 0.2) is 0 Å². The van der Waals surface area contributed by atoms with Gasteiger partial charge in [0.05, 0.1) is 0 Å². The average molecular weight is 230 g/mol. The fourth-order valence-corrected chi connectivity index (χ4v) is 0. The molecule has 0 N–H and O–H groups in total. The predicted octanol–water partition coefficient (Wildman–Crippen LogP) is -0.0146. The van der Waals surface area contributed by atoms with Crippen molar-refractivity contribution in [2.75, 3.05) is 0 Å². The van der Waals surface area contributed by atoms with Crippen molar-refractivity contribution in [2.24, 2.45) is 0 Å². The quantitative estimate of drug-likeness (QED) is 0.549. The summed E-state index contributed by atoms with van der Waals surface area (Å²) in [4.78, 5) is 0. The maximum atomic E-state index is 0. The third-order valence-electron chi connectivity index (χ3n) is 0. The molecule has 0 amide bonds. The van der Waals surface area contributed by atoms with Gasteiger partial charge in [-0.2, -0.15) is 0 Å². The van der Waals surface area contributed by atoms with E-state index in [0.717, 1.165) is 0 Å². The molecule has 0 rings (SSSR count). The van der Waals surface area contributed by atoms with Crippen LogP contribution in [-0.2, 0) is 91.1 Å². The number of hydrogen-bond donors (Lipinski definition) is 0. The van der Waals surface area contributed by atoms with E-state index in [4.69, 9.17) is 0 Å². The van der Waals surface area contributed by atoms with Gasteiger partial charge < -0.3 is 54.0 Å². The second kappa shape index (κ2) is 49.5. The molecule has 0 saturated heterocycles. The second-order valence-electron chi connectivity index (χ2n) is 0. The molecule has 6 heavy (non-hydrogen) atoms. The van der Waals surface area contributed by atoms with Crippen molar-refractivity contribution in [3.63, 3.8) is 0 Å². The van der Waals surface area contributed by atoms with Crippen molar-refractivity contribution in [3.8, 4) is 0 Å². The molecule has 0 aromatic rings. The molecule has 0 saturated carbocycles. The van der Waals surface area contributed by atoms with E-state index in [9.17, 15) is 0 Å². The molecule has 2 radical (unpaired) electrons. The first-order valence-electron chi connectivity index (χ1n) is 0. The molecule has 0 spiro atoms. The van der Waals surface area contributed by atoms with Gasteiger partial charge in [-0.3, -0.25) is 0 Å². The van der Waals surface area contributed by atoms with E-state index in [1.165, 1.54) is 0 Å². The van der Waals surface area contributed by atoms with Crippen LogP contribution in [0.1, 0.15) is 0 Å². The minimum Gasteiger partial charge on any atom is -2.00 e. The van der Waals surface area contributed by atoms with Crippen molar-refractivity contribution < 1.29 is 37.1 Å². The standard InChI is InChI=1S/4S.2V/q4*-2;2*+4. The summed E-state index contributed by atoms with van der Waals surface area (Å²) in [6, 6.07) is 0. The molecule has 0 aliphatic rings. The van der Waals surface area contributed by atoms with Gasteiger partial charge in [-0.25, -0.2) is 0 Å². The van der Waals surface area contributed by atoms with Gasteiger partial charge in [0.1, 0.15) is 0 Å². The zero-order chi connectivity index (χ0) is 0. The first-order valence-corrected chi connectivity index (χ1v) is 0. The molecule has 0 unspecified atom stereocenters. The van der Waals surface area contributed by atoms with E-state index in [2.05, 4.69) is 0 Å². The van der Waals surface area contributed by atoms with Crippen LogP contribution in [0, 0.1) is 0 Å². The van der Waals surface area contributed by atoms with Crippen LogP contribution in [0.2, 0.25) is 0 Å². The molecule has 0 aliphatic heterocycles. The third kappa shape index (κ3) is 30.9. The SMILES string of the molecule is [S-2].[S-2].[S-2].[S-2].[V+4].[V+4]. The Balaban J connectivity index is 0. The average Bonchev–Trinajstić information content (AvgIpc) is 0. The zero-order valence-electron chi connectivity index (χ0n) is 2.53. The maximum Gasteiger partial charge on any atom is 4.00 e. The van der Waals surface area contributed by atoms with Gasteiger partial charge in [-0.05, 0) is 0 Å². The summed E-state index contributed by atoms with van der Waals surface area (Å²) >= 11 is 0. The smallest absolute Gasteiger partial charge is 2.00 e. The molecule has 0 bridgehead atoms. The van der Waals surface area contributed by atoms with Gasteiger partial charge in [0, 0.05) is 0 Å². The summed E-state index contributed by atoms with van der Waals surface area (Å²) in [7, 11) is 0. The Morgan fingerprint density at radius 2 is 0.333 bits per heavy atom. The van der Waals surface area contributed by atoms with Gasteiger partial charge in [0.25, 0.3) is 0 Å². The Morgan fingerprint density at radius 3 is 0.333 bits per heavy atom. The van der Waals surface area contributed by atoms with Crippen molar-refractivity contribution in [3.05, 3.63) is 0 Å². The van der Waals surface area contributed by atoms with Crippen molar-refractivity contribution in [1.29, 1.82) is 0 Å². The van der Waals surface area contributed by atoms with Crippen LogP contribution < -0.4 is 0 Å². The summed E-state index contributed by atoms with van der Waals surface area (Å²) in [5.41, 5.74) is 0.